The number of hydrogen-bond donors (Lipinski definition) is 1. The van der Waals surface area contributed by atoms with Crippen LogP contribution in [0.3, 0.4) is 0 Å². The lowest BCUT2D eigenvalue weighted by Gasteiger charge is -2.36. The molecule has 2 unspecified atom stereocenters. The minimum absolute atomic E-state index is 0.230. The van der Waals surface area contributed by atoms with Gasteiger partial charge in [-0.25, -0.2) is 9.98 Å². The lowest BCUT2D eigenvalue weighted by atomic mass is 10.2. The summed E-state index contributed by atoms with van der Waals surface area (Å²) >= 11 is 0. The van der Waals surface area contributed by atoms with Gasteiger partial charge in [-0.1, -0.05) is 36.4 Å². The largest absolute Gasteiger partial charge is 0.372 e. The van der Waals surface area contributed by atoms with Crippen molar-refractivity contribution in [2.45, 2.75) is 39.1 Å². The van der Waals surface area contributed by atoms with Crippen LogP contribution in [0.5, 0.6) is 0 Å². The van der Waals surface area contributed by atoms with E-state index >= 15 is 0 Å². The molecule has 2 aromatic rings. The summed E-state index contributed by atoms with van der Waals surface area (Å²) in [6, 6.07) is 14.5. The Morgan fingerprint density at radius 1 is 1.11 bits per heavy atom. The van der Waals surface area contributed by atoms with Crippen LogP contribution in [0.25, 0.3) is 0 Å². The predicted octanol–water partition coefficient (Wildman–Crippen LogP) is 2.90. The third-order valence-electron chi connectivity index (χ3n) is 4.68. The van der Waals surface area contributed by atoms with E-state index in [1.54, 1.807) is 0 Å². The molecular weight excluding hydrogens is 350 g/mol. The molecule has 3 rings (SSSR count). The van der Waals surface area contributed by atoms with E-state index in [4.69, 9.17) is 9.73 Å². The van der Waals surface area contributed by atoms with E-state index in [9.17, 15) is 0 Å². The van der Waals surface area contributed by atoms with Crippen LogP contribution in [0.2, 0.25) is 0 Å². The van der Waals surface area contributed by atoms with Crippen LogP contribution in [0.1, 0.15) is 25.0 Å². The Bertz CT molecular complexity index is 750. The molecule has 0 aliphatic carbocycles. The molecule has 1 aliphatic rings. The van der Waals surface area contributed by atoms with E-state index in [1.165, 1.54) is 5.56 Å². The molecule has 1 aliphatic heterocycles. The van der Waals surface area contributed by atoms with Crippen LogP contribution in [0.15, 0.2) is 53.7 Å². The van der Waals surface area contributed by atoms with E-state index in [1.807, 2.05) is 43.4 Å². The van der Waals surface area contributed by atoms with Crippen molar-refractivity contribution in [1.29, 1.82) is 0 Å². The van der Waals surface area contributed by atoms with Crippen LogP contribution < -0.4 is 10.2 Å². The van der Waals surface area contributed by atoms with Gasteiger partial charge in [-0.2, -0.15) is 0 Å². The van der Waals surface area contributed by atoms with Gasteiger partial charge in [0.05, 0.1) is 18.8 Å². The molecule has 1 aromatic carbocycles. The van der Waals surface area contributed by atoms with Gasteiger partial charge in [0, 0.05) is 39.9 Å². The highest BCUT2D eigenvalue weighted by molar-refractivity contribution is 5.79. The van der Waals surface area contributed by atoms with Crippen LogP contribution >= 0.6 is 0 Å². The second-order valence-corrected chi connectivity index (χ2v) is 7.56. The van der Waals surface area contributed by atoms with Crippen LogP contribution in [-0.2, 0) is 17.8 Å². The lowest BCUT2D eigenvalue weighted by molar-refractivity contribution is -0.00545. The maximum absolute atomic E-state index is 5.81. The van der Waals surface area contributed by atoms with Crippen LogP contribution in [0.4, 0.5) is 5.82 Å². The number of ether oxygens (including phenoxy) is 1. The normalized spacial score (nSPS) is 20.1. The van der Waals surface area contributed by atoms with Crippen molar-refractivity contribution in [3.05, 3.63) is 59.8 Å². The maximum Gasteiger partial charge on any atom is 0.194 e. The molecule has 6 heteroatoms. The first-order valence-electron chi connectivity index (χ1n) is 9.86. The highest BCUT2D eigenvalue weighted by Crippen LogP contribution is 2.18. The number of anilines is 1. The summed E-state index contributed by atoms with van der Waals surface area (Å²) in [6.07, 6.45) is 2.38. The summed E-state index contributed by atoms with van der Waals surface area (Å²) in [7, 11) is 4.00. The van der Waals surface area contributed by atoms with Gasteiger partial charge < -0.3 is 19.9 Å². The molecule has 1 saturated heterocycles. The molecule has 28 heavy (non-hydrogen) atoms. The monoisotopic (exact) mass is 381 g/mol. The molecule has 0 spiro atoms. The zero-order valence-electron chi connectivity index (χ0n) is 17.3. The third kappa shape index (κ3) is 5.70. The minimum atomic E-state index is 0.230. The molecule has 2 atom stereocenters. The van der Waals surface area contributed by atoms with E-state index in [0.29, 0.717) is 6.54 Å². The number of aliphatic imine (C=N–C) groups is 1. The number of nitrogens with zero attached hydrogens (tertiary/aromatic N) is 4. The number of nitrogens with one attached hydrogen (secondary N) is 1. The number of pyridine rings is 1. The Hall–Kier alpha value is -2.60. The third-order valence-corrected chi connectivity index (χ3v) is 4.68. The summed E-state index contributed by atoms with van der Waals surface area (Å²) in [4.78, 5) is 13.7. The smallest absolute Gasteiger partial charge is 0.194 e. The molecule has 1 aromatic heterocycles. The molecule has 1 N–H and O–H groups in total. The Balaban J connectivity index is 1.59. The van der Waals surface area contributed by atoms with Crippen molar-refractivity contribution in [3.8, 4) is 0 Å². The fraction of sp³-hybridized carbons (Fsp3) is 0.455. The topological polar surface area (TPSA) is 53.0 Å². The van der Waals surface area contributed by atoms with Crippen molar-refractivity contribution in [3.63, 3.8) is 0 Å². The molecule has 0 bridgehead atoms. The predicted molar refractivity (Wildman–Crippen MR) is 115 cm³/mol. The molecule has 0 radical (unpaired) electrons. The number of hydrogen-bond acceptors (Lipinski definition) is 4. The molecular formula is C22H31N5O. The number of aromatic nitrogens is 1. The molecule has 150 valence electrons. The molecule has 1 fully saturated rings. The van der Waals surface area contributed by atoms with Gasteiger partial charge in [-0.05, 0) is 31.0 Å². The average molecular weight is 382 g/mol. The first-order valence-corrected chi connectivity index (χ1v) is 9.86. The molecule has 2 heterocycles. The zero-order valence-corrected chi connectivity index (χ0v) is 17.3. The summed E-state index contributed by atoms with van der Waals surface area (Å²) in [5.41, 5.74) is 2.33. The average Bonchev–Trinajstić information content (AvgIpc) is 2.68. The number of benzene rings is 1. The van der Waals surface area contributed by atoms with E-state index in [0.717, 1.165) is 37.0 Å². The first-order chi connectivity index (χ1) is 13.5. The van der Waals surface area contributed by atoms with Gasteiger partial charge in [0.25, 0.3) is 0 Å². The van der Waals surface area contributed by atoms with Crippen molar-refractivity contribution >= 4 is 11.8 Å². The maximum atomic E-state index is 5.81. The molecule has 6 nitrogen and oxygen atoms in total. The number of guanidine groups is 1. The van der Waals surface area contributed by atoms with Gasteiger partial charge in [-0.3, -0.25) is 0 Å². The highest BCUT2D eigenvalue weighted by Gasteiger charge is 2.22. The van der Waals surface area contributed by atoms with Crippen molar-refractivity contribution in [2.75, 3.05) is 32.1 Å². The number of rotatable bonds is 5. The first kappa shape index (κ1) is 20.1. The Kier molecular flexibility index (Phi) is 6.87. The minimum Gasteiger partial charge on any atom is -0.372 e. The van der Waals surface area contributed by atoms with Gasteiger partial charge >= 0.3 is 0 Å². The van der Waals surface area contributed by atoms with Gasteiger partial charge in [0.15, 0.2) is 5.96 Å². The lowest BCUT2D eigenvalue weighted by Crippen LogP contribution is -2.45. The second-order valence-electron chi connectivity index (χ2n) is 7.56. The SMILES string of the molecule is CC1CN(c2ccc(CN=C(NCc3ccccc3)N(C)C)cn2)CC(C)O1. The molecule has 0 amide bonds. The van der Waals surface area contributed by atoms with Crippen molar-refractivity contribution in [1.82, 2.24) is 15.2 Å². The quantitative estimate of drug-likeness (QED) is 0.638. The second kappa shape index (κ2) is 9.55. The highest BCUT2D eigenvalue weighted by atomic mass is 16.5. The van der Waals surface area contributed by atoms with E-state index in [2.05, 4.69) is 53.3 Å². The Morgan fingerprint density at radius 3 is 2.43 bits per heavy atom. The number of morpholine rings is 1. The molecule has 0 saturated carbocycles. The van der Waals surface area contributed by atoms with Gasteiger partial charge in [0.1, 0.15) is 5.82 Å². The van der Waals surface area contributed by atoms with Gasteiger partial charge in [0.2, 0.25) is 0 Å². The summed E-state index contributed by atoms with van der Waals surface area (Å²) in [5, 5.41) is 3.41. The van der Waals surface area contributed by atoms with Crippen LogP contribution in [-0.4, -0.2) is 55.2 Å². The fourth-order valence-electron chi connectivity index (χ4n) is 3.36. The van der Waals surface area contributed by atoms with Crippen molar-refractivity contribution in [2.24, 2.45) is 4.99 Å². The van der Waals surface area contributed by atoms with E-state index in [-0.39, 0.29) is 12.2 Å². The van der Waals surface area contributed by atoms with Crippen LogP contribution in [0, 0.1) is 0 Å². The summed E-state index contributed by atoms with van der Waals surface area (Å²) in [5.74, 6) is 1.87. The van der Waals surface area contributed by atoms with E-state index < -0.39 is 0 Å². The zero-order chi connectivity index (χ0) is 19.9. The summed E-state index contributed by atoms with van der Waals surface area (Å²) < 4.78 is 5.81. The standard InChI is InChI=1S/C22H31N5O/c1-17-15-27(16-18(2)28-17)21-11-10-20(13-23-21)14-25-22(26(3)4)24-12-19-8-6-5-7-9-19/h5-11,13,17-18H,12,14-16H2,1-4H3,(H,24,25). The van der Waals surface area contributed by atoms with Crippen molar-refractivity contribution < 1.29 is 4.74 Å². The van der Waals surface area contributed by atoms with Gasteiger partial charge in [-0.15, -0.1) is 0 Å². The summed E-state index contributed by atoms with van der Waals surface area (Å²) in [6.45, 7) is 7.32. The fourth-order valence-corrected chi connectivity index (χ4v) is 3.36. The Labute approximate surface area is 168 Å². The Morgan fingerprint density at radius 2 is 1.82 bits per heavy atom.